The molecule has 0 saturated carbocycles. The Bertz CT molecular complexity index is 670. The molecular weight excluding hydrogens is 430 g/mol. The predicted octanol–water partition coefficient (Wildman–Crippen LogP) is 5.28. The van der Waals surface area contributed by atoms with Crippen molar-refractivity contribution in [1.29, 1.82) is 0 Å². The fourth-order valence-corrected chi connectivity index (χ4v) is 6.60. The van der Waals surface area contributed by atoms with Crippen LogP contribution in [0.4, 0.5) is 0 Å². The number of thioether (sulfide) groups is 1. The number of hydrogen-bond donors (Lipinski definition) is 1. The molecule has 2 aromatic rings. The summed E-state index contributed by atoms with van der Waals surface area (Å²) >= 11 is 3.40. The molecule has 0 atom stereocenters. The third kappa shape index (κ3) is 10.7. The standard InChI is InChI=1S/C19H27N3O2S4/c1-20-12-11-17(23)24-13-7-2-3-8-14-26-28-19-22-21-18(27-19)25-15-16-9-5-4-6-10-16/h4-6,9-10,20H,2-3,7-8,11-15H2,1H3. The zero-order valence-corrected chi connectivity index (χ0v) is 19.4. The van der Waals surface area contributed by atoms with Gasteiger partial charge in [0.25, 0.3) is 0 Å². The summed E-state index contributed by atoms with van der Waals surface area (Å²) in [4.78, 5) is 11.3. The number of nitrogens with zero attached hydrogens (tertiary/aromatic N) is 2. The van der Waals surface area contributed by atoms with Crippen LogP contribution in [0.25, 0.3) is 0 Å². The summed E-state index contributed by atoms with van der Waals surface area (Å²) in [7, 11) is 5.38. The molecule has 0 amide bonds. The number of carbonyl (C=O) groups is 1. The van der Waals surface area contributed by atoms with E-state index in [1.165, 1.54) is 12.0 Å². The average Bonchev–Trinajstić information content (AvgIpc) is 3.18. The van der Waals surface area contributed by atoms with Gasteiger partial charge in [0.15, 0.2) is 8.68 Å². The molecule has 28 heavy (non-hydrogen) atoms. The number of esters is 1. The lowest BCUT2D eigenvalue weighted by molar-refractivity contribution is -0.143. The topological polar surface area (TPSA) is 64.1 Å². The molecule has 5 nitrogen and oxygen atoms in total. The largest absolute Gasteiger partial charge is 0.466 e. The monoisotopic (exact) mass is 457 g/mol. The summed E-state index contributed by atoms with van der Waals surface area (Å²) in [5.74, 6) is 1.91. The van der Waals surface area contributed by atoms with E-state index in [0.717, 1.165) is 39.4 Å². The summed E-state index contributed by atoms with van der Waals surface area (Å²) in [6, 6.07) is 10.4. The molecule has 1 heterocycles. The molecule has 1 N–H and O–H groups in total. The fourth-order valence-electron chi connectivity index (χ4n) is 2.20. The zero-order chi connectivity index (χ0) is 19.9. The molecule has 0 aliphatic heterocycles. The molecule has 154 valence electrons. The molecule has 0 bridgehead atoms. The normalized spacial score (nSPS) is 10.9. The Balaban J connectivity index is 1.45. The van der Waals surface area contributed by atoms with Gasteiger partial charge in [0.2, 0.25) is 0 Å². The highest BCUT2D eigenvalue weighted by atomic mass is 33.1. The van der Waals surface area contributed by atoms with Gasteiger partial charge in [-0.15, -0.1) is 10.2 Å². The van der Waals surface area contributed by atoms with Crippen molar-refractivity contribution in [2.75, 3.05) is 26.0 Å². The van der Waals surface area contributed by atoms with Crippen molar-refractivity contribution in [3.05, 3.63) is 35.9 Å². The summed E-state index contributed by atoms with van der Waals surface area (Å²) in [6.07, 6.45) is 4.82. The number of aromatic nitrogens is 2. The van der Waals surface area contributed by atoms with E-state index in [0.29, 0.717) is 19.6 Å². The maximum absolute atomic E-state index is 11.3. The third-order valence-corrected chi connectivity index (χ3v) is 8.55. The second kappa shape index (κ2) is 15.1. The number of hydrogen-bond acceptors (Lipinski definition) is 9. The molecular formula is C19H27N3O2S4. The molecule has 0 radical (unpaired) electrons. The van der Waals surface area contributed by atoms with Crippen molar-refractivity contribution in [1.82, 2.24) is 15.5 Å². The molecule has 0 unspecified atom stereocenters. The predicted molar refractivity (Wildman–Crippen MR) is 122 cm³/mol. The lowest BCUT2D eigenvalue weighted by Crippen LogP contribution is -2.15. The van der Waals surface area contributed by atoms with Gasteiger partial charge >= 0.3 is 5.97 Å². The Labute approximate surface area is 183 Å². The van der Waals surface area contributed by atoms with E-state index >= 15 is 0 Å². The number of ether oxygens (including phenoxy) is 1. The number of carbonyl (C=O) groups excluding carboxylic acids is 1. The van der Waals surface area contributed by atoms with Crippen molar-refractivity contribution < 1.29 is 9.53 Å². The Morgan fingerprint density at radius 1 is 1.11 bits per heavy atom. The highest BCUT2D eigenvalue weighted by Crippen LogP contribution is 2.37. The number of rotatable bonds is 15. The third-order valence-electron chi connectivity index (χ3n) is 3.69. The minimum Gasteiger partial charge on any atom is -0.466 e. The van der Waals surface area contributed by atoms with Crippen LogP contribution in [0.1, 0.15) is 37.7 Å². The molecule has 0 aliphatic rings. The second-order valence-electron chi connectivity index (χ2n) is 6.00. The minimum atomic E-state index is -0.111. The fraction of sp³-hybridized carbons (Fsp3) is 0.526. The summed E-state index contributed by atoms with van der Waals surface area (Å²) in [6.45, 7) is 1.22. The van der Waals surface area contributed by atoms with Crippen molar-refractivity contribution >= 4 is 50.7 Å². The van der Waals surface area contributed by atoms with E-state index in [2.05, 4.69) is 39.8 Å². The van der Waals surface area contributed by atoms with Crippen LogP contribution in [0.2, 0.25) is 0 Å². The summed E-state index contributed by atoms with van der Waals surface area (Å²) in [5.41, 5.74) is 1.30. The van der Waals surface area contributed by atoms with Crippen LogP contribution in [0.3, 0.4) is 0 Å². The number of benzene rings is 1. The van der Waals surface area contributed by atoms with Gasteiger partial charge in [0.1, 0.15) is 0 Å². The Morgan fingerprint density at radius 2 is 1.89 bits per heavy atom. The SMILES string of the molecule is CNCCC(=O)OCCCCCCSSc1nnc(SCc2ccccc2)s1. The van der Waals surface area contributed by atoms with E-state index in [9.17, 15) is 4.79 Å². The van der Waals surface area contributed by atoms with Crippen LogP contribution < -0.4 is 5.32 Å². The molecule has 0 spiro atoms. The van der Waals surface area contributed by atoms with Crippen molar-refractivity contribution in [2.24, 2.45) is 0 Å². The van der Waals surface area contributed by atoms with Gasteiger partial charge in [-0.3, -0.25) is 4.79 Å². The Hall–Kier alpha value is -0.740. The van der Waals surface area contributed by atoms with Crippen molar-refractivity contribution in [2.45, 2.75) is 46.5 Å². The van der Waals surface area contributed by atoms with E-state index < -0.39 is 0 Å². The lowest BCUT2D eigenvalue weighted by Gasteiger charge is -2.04. The lowest BCUT2D eigenvalue weighted by atomic mass is 10.2. The number of unbranched alkanes of at least 4 members (excludes halogenated alkanes) is 3. The molecule has 1 aromatic carbocycles. The van der Waals surface area contributed by atoms with Gasteiger partial charge in [-0.2, -0.15) is 0 Å². The van der Waals surface area contributed by atoms with Crippen LogP contribution >= 0.6 is 44.7 Å². The molecule has 1 aromatic heterocycles. The first kappa shape index (κ1) is 23.5. The molecule has 9 heteroatoms. The van der Waals surface area contributed by atoms with Gasteiger partial charge in [0.05, 0.1) is 13.0 Å². The minimum absolute atomic E-state index is 0.111. The van der Waals surface area contributed by atoms with E-state index in [4.69, 9.17) is 4.74 Å². The van der Waals surface area contributed by atoms with Crippen LogP contribution in [0, 0.1) is 0 Å². The average molecular weight is 458 g/mol. The van der Waals surface area contributed by atoms with Crippen molar-refractivity contribution in [3.8, 4) is 0 Å². The highest BCUT2D eigenvalue weighted by Gasteiger charge is 2.06. The highest BCUT2D eigenvalue weighted by molar-refractivity contribution is 8.77. The first-order valence-corrected chi connectivity index (χ1v) is 13.5. The quantitative estimate of drug-likeness (QED) is 0.168. The van der Waals surface area contributed by atoms with Gasteiger partial charge in [-0.25, -0.2) is 0 Å². The zero-order valence-electron chi connectivity index (χ0n) is 16.1. The van der Waals surface area contributed by atoms with E-state index in [1.54, 1.807) is 33.9 Å². The van der Waals surface area contributed by atoms with Crippen LogP contribution in [-0.4, -0.2) is 42.1 Å². The Kier molecular flexibility index (Phi) is 12.7. The molecule has 0 aliphatic carbocycles. The first-order valence-electron chi connectivity index (χ1n) is 9.38. The van der Waals surface area contributed by atoms with Crippen LogP contribution in [0.5, 0.6) is 0 Å². The molecule has 2 rings (SSSR count). The summed E-state index contributed by atoms with van der Waals surface area (Å²) < 4.78 is 7.22. The maximum Gasteiger partial charge on any atom is 0.307 e. The van der Waals surface area contributed by atoms with Crippen molar-refractivity contribution in [3.63, 3.8) is 0 Å². The summed E-state index contributed by atoms with van der Waals surface area (Å²) in [5, 5.41) is 11.5. The second-order valence-corrected chi connectivity index (χ2v) is 10.9. The van der Waals surface area contributed by atoms with E-state index in [1.807, 2.05) is 23.9 Å². The van der Waals surface area contributed by atoms with E-state index in [-0.39, 0.29) is 5.97 Å². The van der Waals surface area contributed by atoms with Gasteiger partial charge in [-0.1, -0.05) is 77.1 Å². The molecule has 0 fully saturated rings. The van der Waals surface area contributed by atoms with Gasteiger partial charge in [-0.05, 0) is 36.2 Å². The van der Waals surface area contributed by atoms with Crippen LogP contribution in [-0.2, 0) is 15.3 Å². The first-order chi connectivity index (χ1) is 13.8. The Morgan fingerprint density at radius 3 is 2.71 bits per heavy atom. The van der Waals surface area contributed by atoms with Gasteiger partial charge in [0, 0.05) is 18.1 Å². The van der Waals surface area contributed by atoms with Crippen LogP contribution in [0.15, 0.2) is 39.0 Å². The van der Waals surface area contributed by atoms with Gasteiger partial charge < -0.3 is 10.1 Å². The maximum atomic E-state index is 11.3. The molecule has 0 saturated heterocycles. The smallest absolute Gasteiger partial charge is 0.307 e. The number of nitrogens with one attached hydrogen (secondary N) is 1.